The topological polar surface area (TPSA) is 33.5 Å². The summed E-state index contributed by atoms with van der Waals surface area (Å²) in [7, 11) is -2.86. The van der Waals surface area contributed by atoms with Crippen molar-refractivity contribution in [1.29, 1.82) is 0 Å². The van der Waals surface area contributed by atoms with E-state index in [0.29, 0.717) is 6.67 Å². The lowest BCUT2D eigenvalue weighted by Crippen LogP contribution is -2.74. The second-order valence-electron chi connectivity index (χ2n) is 30.7. The smallest absolute Gasteiger partial charge is 0.179 e. The largest absolute Gasteiger partial charge is 0.457 e. The zero-order valence-corrected chi connectivity index (χ0v) is 57.6. The van der Waals surface area contributed by atoms with Gasteiger partial charge in [0.2, 0.25) is 0 Å². The van der Waals surface area contributed by atoms with Crippen LogP contribution in [0.3, 0.4) is 0 Å². The molecular weight excluding hydrogens is 1130 g/mol. The third-order valence-corrected chi connectivity index (χ3v) is 23.8. The summed E-state index contributed by atoms with van der Waals surface area (Å²) in [5, 5.41) is 7.70. The van der Waals surface area contributed by atoms with Crippen molar-refractivity contribution in [3.63, 3.8) is 0 Å². The van der Waals surface area contributed by atoms with Crippen molar-refractivity contribution in [3.05, 3.63) is 277 Å². The van der Waals surface area contributed by atoms with Gasteiger partial charge in [0, 0.05) is 46.0 Å². The number of anilines is 4. The van der Waals surface area contributed by atoms with Gasteiger partial charge in [-0.2, -0.15) is 0 Å². The van der Waals surface area contributed by atoms with Gasteiger partial charge in [-0.25, -0.2) is 4.98 Å². The molecule has 1 aliphatic rings. The molecule has 2 aromatic heterocycles. The highest BCUT2D eigenvalue weighted by Crippen LogP contribution is 2.51. The molecule has 0 aliphatic carbocycles. The highest BCUT2D eigenvalue weighted by atomic mass is 28.3. The molecule has 10 aromatic carbocycles. The minimum absolute atomic E-state index is 0.00734. The van der Waals surface area contributed by atoms with Crippen LogP contribution in [0.15, 0.2) is 249 Å². The standard InChI is InChI=1S/C86H88N4OSi/c1-82(2,3)61-44-45-87-80(54-61)90-77-43-40-58(60-46-62(83(4,5)6)50-63(47-60)84(7,8)9)49-76(77)75-42-41-69(56-79(75)90)91-68-30-26-29-66(55-68)88-57-89(67-52-64(85(10,11)12)51-65(53-67)86(13,14)15)81-74(38-27-39-78(81)88)59-28-25-37-73(48-59)92(70-31-19-16-20-32-70,71-33-21-17-22-34-71)72-35-23-18-24-36-72/h16-56H,57H2,1-15H3. The summed E-state index contributed by atoms with van der Waals surface area (Å²) >= 11 is 0. The lowest BCUT2D eigenvalue weighted by Gasteiger charge is -2.34. The monoisotopic (exact) mass is 1220 g/mol. The van der Waals surface area contributed by atoms with Crippen molar-refractivity contribution >= 4 is 73.4 Å². The van der Waals surface area contributed by atoms with Crippen molar-refractivity contribution in [1.82, 2.24) is 9.55 Å². The van der Waals surface area contributed by atoms with Crippen molar-refractivity contribution in [2.75, 3.05) is 16.5 Å². The van der Waals surface area contributed by atoms with Crippen LogP contribution in [0.5, 0.6) is 11.5 Å². The molecule has 12 aromatic rings. The Kier molecular flexibility index (Phi) is 15.5. The van der Waals surface area contributed by atoms with E-state index in [9.17, 15) is 0 Å². The molecule has 0 atom stereocenters. The molecular formula is C86H88N4OSi. The SMILES string of the molecule is CC(C)(C)c1cc(-c2ccc3c(c2)c2ccc(Oc4cccc(N5CN(c6cc(C(C)(C)C)cc(C(C)(C)C)c6)c6c(-c7cccc([Si](c8ccccc8)(c8ccccc8)c8ccccc8)c7)cccc65)c4)cc2n3-c2cc(C(C)(C)C)ccn2)cc(C(C)(C)C)c1. The van der Waals surface area contributed by atoms with Crippen LogP contribution >= 0.6 is 0 Å². The van der Waals surface area contributed by atoms with E-state index in [2.05, 4.69) is 361 Å². The third kappa shape index (κ3) is 11.6. The Morgan fingerprint density at radius 1 is 0.348 bits per heavy atom. The first-order chi connectivity index (χ1) is 43.7. The molecule has 1 aliphatic heterocycles. The van der Waals surface area contributed by atoms with Crippen LogP contribution in [-0.2, 0) is 27.1 Å². The number of aromatic nitrogens is 2. The van der Waals surface area contributed by atoms with Crippen LogP contribution in [-0.4, -0.2) is 24.3 Å². The summed E-state index contributed by atoms with van der Waals surface area (Å²) in [5.74, 6) is 2.38. The molecule has 0 N–H and O–H groups in total. The number of ether oxygens (including phenoxy) is 1. The summed E-state index contributed by atoms with van der Waals surface area (Å²) in [5.41, 5.74) is 17.7. The lowest BCUT2D eigenvalue weighted by atomic mass is 9.79. The zero-order valence-electron chi connectivity index (χ0n) is 56.6. The van der Waals surface area contributed by atoms with Gasteiger partial charge in [-0.05, 0) is 159 Å². The molecule has 0 fully saturated rings. The fraction of sp³-hybridized carbons (Fsp3) is 0.244. The normalized spacial score (nSPS) is 13.3. The zero-order chi connectivity index (χ0) is 64.7. The summed E-state index contributed by atoms with van der Waals surface area (Å²) in [6, 6.07) is 91.2. The highest BCUT2D eigenvalue weighted by molar-refractivity contribution is 7.19. The van der Waals surface area contributed by atoms with Gasteiger partial charge in [-0.15, -0.1) is 0 Å². The number of fused-ring (bicyclic) bond motifs is 4. The molecule has 13 rings (SSSR count). The van der Waals surface area contributed by atoms with Gasteiger partial charge < -0.3 is 14.5 Å². The van der Waals surface area contributed by atoms with Crippen LogP contribution < -0.4 is 35.3 Å². The van der Waals surface area contributed by atoms with Crippen LogP contribution in [0.25, 0.3) is 49.9 Å². The predicted octanol–water partition coefficient (Wildman–Crippen LogP) is 20.4. The van der Waals surface area contributed by atoms with E-state index < -0.39 is 8.07 Å². The summed E-state index contributed by atoms with van der Waals surface area (Å²) in [4.78, 5) is 10.1. The van der Waals surface area contributed by atoms with Crippen molar-refractivity contribution in [2.24, 2.45) is 0 Å². The minimum Gasteiger partial charge on any atom is -0.457 e. The minimum atomic E-state index is -2.86. The Hall–Kier alpha value is -9.23. The maximum Gasteiger partial charge on any atom is 0.179 e. The quantitative estimate of drug-likeness (QED) is 0.0955. The number of rotatable bonds is 11. The fourth-order valence-electron chi connectivity index (χ4n) is 13.6. The Bertz CT molecular complexity index is 4560. The van der Waals surface area contributed by atoms with Gasteiger partial charge in [-0.3, -0.25) is 4.57 Å². The second kappa shape index (κ2) is 23.2. The van der Waals surface area contributed by atoms with Gasteiger partial charge in [0.25, 0.3) is 0 Å². The molecule has 462 valence electrons. The molecule has 6 heteroatoms. The number of hydrogen-bond acceptors (Lipinski definition) is 4. The summed E-state index contributed by atoms with van der Waals surface area (Å²) < 4.78 is 9.45. The third-order valence-electron chi connectivity index (χ3n) is 19.0. The highest BCUT2D eigenvalue weighted by Gasteiger charge is 2.42. The van der Waals surface area contributed by atoms with E-state index in [0.717, 1.165) is 45.1 Å². The first kappa shape index (κ1) is 61.6. The molecule has 0 spiro atoms. The summed E-state index contributed by atoms with van der Waals surface area (Å²) in [6.07, 6.45) is 1.96. The van der Waals surface area contributed by atoms with Crippen LogP contribution in [0.1, 0.15) is 132 Å². The first-order valence-electron chi connectivity index (χ1n) is 32.8. The van der Waals surface area contributed by atoms with E-state index in [-0.39, 0.29) is 27.1 Å². The molecule has 3 heterocycles. The van der Waals surface area contributed by atoms with Crippen molar-refractivity contribution in [3.8, 4) is 39.6 Å². The van der Waals surface area contributed by atoms with E-state index >= 15 is 0 Å². The first-order valence-corrected chi connectivity index (χ1v) is 34.8. The molecule has 0 bridgehead atoms. The van der Waals surface area contributed by atoms with Crippen molar-refractivity contribution in [2.45, 2.75) is 131 Å². The van der Waals surface area contributed by atoms with Crippen molar-refractivity contribution < 1.29 is 4.74 Å². The van der Waals surface area contributed by atoms with Gasteiger partial charge in [-0.1, -0.05) is 268 Å². The van der Waals surface area contributed by atoms with E-state index in [1.54, 1.807) is 0 Å². The Balaban J connectivity index is 0.945. The average molecular weight is 1220 g/mol. The van der Waals surface area contributed by atoms with Crippen LogP contribution in [0.4, 0.5) is 22.7 Å². The van der Waals surface area contributed by atoms with E-state index in [4.69, 9.17) is 9.72 Å². The molecule has 92 heavy (non-hydrogen) atoms. The van der Waals surface area contributed by atoms with Gasteiger partial charge in [0.15, 0.2) is 8.07 Å². The Labute approximate surface area is 548 Å². The molecule has 0 radical (unpaired) electrons. The number of hydrogen-bond donors (Lipinski definition) is 0. The van der Waals surface area contributed by atoms with Gasteiger partial charge >= 0.3 is 0 Å². The molecule has 0 unspecified atom stereocenters. The number of pyridine rings is 1. The molecule has 5 nitrogen and oxygen atoms in total. The molecule has 0 saturated heterocycles. The molecule has 0 saturated carbocycles. The second-order valence-corrected chi connectivity index (χ2v) is 34.5. The maximum absolute atomic E-state index is 7.12. The van der Waals surface area contributed by atoms with E-state index in [1.807, 2.05) is 6.20 Å². The number of benzene rings is 10. The Morgan fingerprint density at radius 3 is 1.46 bits per heavy atom. The number of para-hydroxylation sites is 1. The predicted molar refractivity (Wildman–Crippen MR) is 395 cm³/mol. The lowest BCUT2D eigenvalue weighted by molar-refractivity contribution is 0.483. The van der Waals surface area contributed by atoms with Gasteiger partial charge in [0.05, 0.1) is 22.4 Å². The number of nitrogens with zero attached hydrogens (tertiary/aromatic N) is 4. The molecule has 0 amide bonds. The summed E-state index contributed by atoms with van der Waals surface area (Å²) in [6.45, 7) is 35.2. The van der Waals surface area contributed by atoms with Crippen LogP contribution in [0.2, 0.25) is 0 Å². The van der Waals surface area contributed by atoms with Gasteiger partial charge in [0.1, 0.15) is 24.0 Å². The average Bonchev–Trinajstić information content (AvgIpc) is 1.15. The van der Waals surface area contributed by atoms with E-state index in [1.165, 1.54) is 87.6 Å². The fourth-order valence-corrected chi connectivity index (χ4v) is 18.4. The Morgan fingerprint density at radius 2 is 0.880 bits per heavy atom. The maximum atomic E-state index is 7.12. The van der Waals surface area contributed by atoms with Crippen LogP contribution in [0, 0.1) is 0 Å².